The lowest BCUT2D eigenvalue weighted by atomic mass is 9.34. The normalized spacial score (nSPS) is 14.7. The molecule has 1 aliphatic carbocycles. The molecule has 9 aromatic carbocycles. The Morgan fingerprint density at radius 2 is 1.17 bits per heavy atom. The zero-order chi connectivity index (χ0) is 39.4. The number of hydrogen-bond donors (Lipinski definition) is 0. The van der Waals surface area contributed by atoms with Crippen molar-refractivity contribution in [3.8, 4) is 11.5 Å². The van der Waals surface area contributed by atoms with Gasteiger partial charge in [-0.15, -0.1) is 0 Å². The van der Waals surface area contributed by atoms with Crippen LogP contribution < -0.4 is 51.7 Å². The van der Waals surface area contributed by atoms with Gasteiger partial charge in [-0.2, -0.15) is 0 Å². The van der Waals surface area contributed by atoms with Crippen molar-refractivity contribution in [2.24, 2.45) is 0 Å². The maximum atomic E-state index is 7.45. The van der Waals surface area contributed by atoms with E-state index in [9.17, 15) is 0 Å². The Hall–Kier alpha value is -7.34. The second kappa shape index (κ2) is 12.8. The molecule has 4 aliphatic rings. The van der Waals surface area contributed by atoms with E-state index in [1.165, 1.54) is 64.7 Å². The van der Waals surface area contributed by atoms with Gasteiger partial charge < -0.3 is 14.5 Å². The fraction of sp³-hybridized carbons (Fsp3) is 0.0182. The highest BCUT2D eigenvalue weighted by Gasteiger charge is 2.55. The smallest absolute Gasteiger partial charge is 0.246 e. The maximum Gasteiger partial charge on any atom is 0.246 e. The molecule has 3 aliphatic heterocycles. The van der Waals surface area contributed by atoms with E-state index in [0.717, 1.165) is 46.4 Å². The van der Waals surface area contributed by atoms with Crippen LogP contribution in [0.15, 0.2) is 206 Å². The molecule has 0 aromatic heterocycles. The Balaban J connectivity index is 1.25. The van der Waals surface area contributed by atoms with Crippen LogP contribution >= 0.6 is 0 Å². The van der Waals surface area contributed by atoms with Gasteiger partial charge in [0.25, 0.3) is 0 Å². The van der Waals surface area contributed by atoms with Gasteiger partial charge in [0, 0.05) is 16.8 Å². The number of rotatable bonds is 4. The van der Waals surface area contributed by atoms with Gasteiger partial charge in [-0.1, -0.05) is 175 Å². The van der Waals surface area contributed by atoms with Crippen LogP contribution in [0.2, 0.25) is 0 Å². The Morgan fingerprint density at radius 1 is 0.500 bits per heavy atom. The van der Waals surface area contributed by atoms with Crippen LogP contribution in [0.3, 0.4) is 0 Å². The second-order valence-electron chi connectivity index (χ2n) is 16.3. The summed E-state index contributed by atoms with van der Waals surface area (Å²) in [6.45, 7) is -0.0118. The molecule has 0 unspecified atom stereocenters. The van der Waals surface area contributed by atoms with E-state index >= 15 is 0 Å². The van der Waals surface area contributed by atoms with Gasteiger partial charge in [0.1, 0.15) is 0 Å². The molecular formula is C55H37BN2OSi. The highest BCUT2D eigenvalue weighted by molar-refractivity contribution is 7.26. The van der Waals surface area contributed by atoms with E-state index in [1.54, 1.807) is 0 Å². The SMILES string of the molecule is C1=Cc2ccc(N3c4ccccc4Oc4c3cc3c5c4N(c4ccccc4)c4ccccc4B5c4ccccc4[Si]3(c3ccccc3)c3ccccc3)c3cccc(c23)C1. The maximum absolute atomic E-state index is 7.45. The van der Waals surface area contributed by atoms with E-state index in [4.69, 9.17) is 4.74 Å². The third kappa shape index (κ3) is 4.50. The predicted molar refractivity (Wildman–Crippen MR) is 254 cm³/mol. The van der Waals surface area contributed by atoms with Crippen LogP contribution in [-0.2, 0) is 6.42 Å². The summed E-state index contributed by atoms with van der Waals surface area (Å²) in [6.07, 6.45) is 5.50. The highest BCUT2D eigenvalue weighted by Crippen LogP contribution is 2.57. The minimum absolute atomic E-state index is 0.0118. The first-order valence-electron chi connectivity index (χ1n) is 20.9. The lowest BCUT2D eigenvalue weighted by molar-refractivity contribution is 0.478. The molecule has 0 fully saturated rings. The summed E-state index contributed by atoms with van der Waals surface area (Å²) in [7, 11) is -3.05. The second-order valence-corrected chi connectivity index (χ2v) is 20.0. The molecule has 0 bridgehead atoms. The summed E-state index contributed by atoms with van der Waals surface area (Å²) < 4.78 is 7.45. The Bertz CT molecular complexity index is 3200. The molecular weight excluding hydrogens is 744 g/mol. The van der Waals surface area contributed by atoms with E-state index in [2.05, 4.69) is 222 Å². The summed E-state index contributed by atoms with van der Waals surface area (Å²) in [5.41, 5.74) is 13.3. The van der Waals surface area contributed by atoms with Crippen molar-refractivity contribution in [3.63, 3.8) is 0 Å². The first-order valence-corrected chi connectivity index (χ1v) is 22.9. The first kappa shape index (κ1) is 33.6. The van der Waals surface area contributed by atoms with Gasteiger partial charge >= 0.3 is 0 Å². The molecule has 3 heterocycles. The van der Waals surface area contributed by atoms with E-state index in [0.29, 0.717) is 0 Å². The average molecular weight is 781 g/mol. The van der Waals surface area contributed by atoms with Gasteiger partial charge in [-0.3, -0.25) is 0 Å². The molecule has 0 radical (unpaired) electrons. The van der Waals surface area contributed by atoms with Gasteiger partial charge in [-0.25, -0.2) is 0 Å². The number of allylic oxidation sites excluding steroid dienone is 1. The van der Waals surface area contributed by atoms with Crippen molar-refractivity contribution < 1.29 is 4.74 Å². The largest absolute Gasteiger partial charge is 0.451 e. The van der Waals surface area contributed by atoms with Gasteiger partial charge in [0.05, 0.1) is 22.7 Å². The zero-order valence-electron chi connectivity index (χ0n) is 32.8. The fourth-order valence-electron chi connectivity index (χ4n) is 11.1. The third-order valence-electron chi connectivity index (χ3n) is 13.4. The molecule has 3 nitrogen and oxygen atoms in total. The van der Waals surface area contributed by atoms with Crippen LogP contribution in [0, 0.1) is 0 Å². The van der Waals surface area contributed by atoms with Crippen molar-refractivity contribution in [3.05, 3.63) is 217 Å². The monoisotopic (exact) mass is 780 g/mol. The lowest BCUT2D eigenvalue weighted by Crippen LogP contribution is -2.87. The van der Waals surface area contributed by atoms with Crippen molar-refractivity contribution in [1.29, 1.82) is 0 Å². The number of nitrogens with zero attached hydrogens (tertiary/aromatic N) is 2. The quantitative estimate of drug-likeness (QED) is 0.166. The van der Waals surface area contributed by atoms with E-state index in [-0.39, 0.29) is 6.71 Å². The van der Waals surface area contributed by atoms with Crippen molar-refractivity contribution >= 4 is 103 Å². The van der Waals surface area contributed by atoms with Gasteiger partial charge in [0.15, 0.2) is 19.6 Å². The van der Waals surface area contributed by atoms with Crippen LogP contribution in [0.1, 0.15) is 11.1 Å². The van der Waals surface area contributed by atoms with Crippen LogP contribution in [0.5, 0.6) is 11.5 Å². The molecule has 0 spiro atoms. The molecule has 0 amide bonds. The summed E-state index contributed by atoms with van der Waals surface area (Å²) in [5, 5.41) is 8.13. The molecule has 5 heteroatoms. The summed E-state index contributed by atoms with van der Waals surface area (Å²) in [4.78, 5) is 5.02. The van der Waals surface area contributed by atoms with Crippen LogP contribution in [0.25, 0.3) is 16.8 Å². The molecule has 60 heavy (non-hydrogen) atoms. The van der Waals surface area contributed by atoms with Crippen molar-refractivity contribution in [2.75, 3.05) is 9.80 Å². The van der Waals surface area contributed by atoms with Gasteiger partial charge in [0.2, 0.25) is 6.71 Å². The Labute approximate surface area is 351 Å². The molecule has 9 aromatic rings. The standard InChI is InChI=1S/C55H37BN2OSi/c1-4-21-39(22-5-1)57-46-30-12-10-28-43(46)56-44-29-11-15-33-50(44)60(40-23-6-2-7-24-40,41-25-8-3-9-26-41)51-36-48-55(54(57)53(51)56)59-49-32-14-13-31-47(49)58(48)45-35-34-38-19-16-18-37-20-17-27-42(45)52(37)38/h1-17,19-36H,18H2. The molecule has 0 saturated carbocycles. The molecule has 0 N–H and O–H groups in total. The molecule has 13 rings (SSSR count). The van der Waals surface area contributed by atoms with E-state index < -0.39 is 8.07 Å². The topological polar surface area (TPSA) is 15.7 Å². The number of benzene rings is 9. The zero-order valence-corrected chi connectivity index (χ0v) is 33.8. The number of ether oxygens (including phenoxy) is 1. The number of anilines is 6. The minimum atomic E-state index is -3.05. The van der Waals surface area contributed by atoms with E-state index in [1.807, 2.05) is 0 Å². The Kier molecular flexibility index (Phi) is 7.19. The Morgan fingerprint density at radius 3 is 1.95 bits per heavy atom. The predicted octanol–water partition coefficient (Wildman–Crippen LogP) is 8.97. The molecule has 0 atom stereocenters. The summed E-state index contributed by atoms with van der Waals surface area (Å²) >= 11 is 0. The summed E-state index contributed by atoms with van der Waals surface area (Å²) in [5.74, 6) is 1.72. The number of hydrogen-bond acceptors (Lipinski definition) is 3. The summed E-state index contributed by atoms with van der Waals surface area (Å²) in [6, 6.07) is 74.7. The lowest BCUT2D eigenvalue weighted by Gasteiger charge is -2.49. The van der Waals surface area contributed by atoms with Crippen LogP contribution in [0.4, 0.5) is 34.1 Å². The van der Waals surface area contributed by atoms with Crippen LogP contribution in [-0.4, -0.2) is 14.8 Å². The highest BCUT2D eigenvalue weighted by atomic mass is 28.3. The van der Waals surface area contributed by atoms with Gasteiger partial charge in [-0.05, 0) is 97.1 Å². The minimum Gasteiger partial charge on any atom is -0.451 e. The molecule has 280 valence electrons. The average Bonchev–Trinajstić information content (AvgIpc) is 3.32. The number of para-hydroxylation sites is 4. The first-order chi connectivity index (χ1) is 29.8. The van der Waals surface area contributed by atoms with Crippen molar-refractivity contribution in [1.82, 2.24) is 0 Å². The van der Waals surface area contributed by atoms with Crippen molar-refractivity contribution in [2.45, 2.75) is 6.42 Å². The molecule has 0 saturated heterocycles. The fourth-order valence-corrected chi connectivity index (χ4v) is 16.3. The third-order valence-corrected chi connectivity index (χ3v) is 18.2. The number of fused-ring (bicyclic) bond motifs is 7.